The van der Waals surface area contributed by atoms with Crippen molar-refractivity contribution in [2.24, 2.45) is 5.50 Å². The van der Waals surface area contributed by atoms with E-state index in [1.165, 1.54) is 6.07 Å². The van der Waals surface area contributed by atoms with Crippen LogP contribution in [-0.2, 0) is 15.7 Å². The van der Waals surface area contributed by atoms with E-state index in [4.69, 9.17) is 15.2 Å². The van der Waals surface area contributed by atoms with Crippen LogP contribution < -0.4 is 10.7 Å². The molecule has 1 heterocycles. The molecule has 11 heteroatoms. The molecule has 0 spiro atoms. The first-order valence-corrected chi connectivity index (χ1v) is 10.3. The van der Waals surface area contributed by atoms with E-state index in [1.807, 2.05) is 0 Å². The van der Waals surface area contributed by atoms with E-state index < -0.39 is 12.9 Å². The molecule has 4 N–H and O–H groups in total. The van der Waals surface area contributed by atoms with Gasteiger partial charge >= 0.3 is 7.67 Å². The maximum Gasteiger partial charge on any atom is 0.341 e. The van der Waals surface area contributed by atoms with Crippen LogP contribution in [0.15, 0.2) is 12.1 Å². The highest BCUT2D eigenvalue weighted by molar-refractivity contribution is 9.09. The largest absolute Gasteiger partial charge is 0.594 e. The van der Waals surface area contributed by atoms with Gasteiger partial charge in [-0.15, -0.1) is 0 Å². The first-order valence-electron chi connectivity index (χ1n) is 5.63. The maximum atomic E-state index is 12.3. The van der Waals surface area contributed by atoms with E-state index >= 15 is 0 Å². The third kappa shape index (κ3) is 5.80. The summed E-state index contributed by atoms with van der Waals surface area (Å²) in [7, 11) is -3.38. The molecule has 0 amide bonds. The second-order valence-corrected chi connectivity index (χ2v) is 8.45. The minimum Gasteiger partial charge on any atom is -0.594 e. The molecule has 116 valence electrons. The summed E-state index contributed by atoms with van der Waals surface area (Å²) in [6, 6.07) is 3.12. The quantitative estimate of drug-likeness (QED) is 0.300. The minimum atomic E-state index is -3.38. The summed E-state index contributed by atoms with van der Waals surface area (Å²) in [6.45, 7) is 1.04. The van der Waals surface area contributed by atoms with Gasteiger partial charge in [-0.1, -0.05) is 43.2 Å². The van der Waals surface area contributed by atoms with Crippen LogP contribution in [0.25, 0.3) is 0 Å². The molecule has 1 rings (SSSR count). The predicted octanol–water partition coefficient (Wildman–Crippen LogP) is 1.83. The molecular formula is C9H16Br2N3O4PS. The van der Waals surface area contributed by atoms with Gasteiger partial charge in [0.15, 0.2) is 0 Å². The highest BCUT2D eigenvalue weighted by atomic mass is 79.9. The SMILES string of the molecule is NP(=O)(OCc1ccc([NH+]([O-])O)s1)N(CCBr)CCBr. The van der Waals surface area contributed by atoms with Gasteiger partial charge in [0.05, 0.1) is 6.61 Å². The number of nitrogens with one attached hydrogen (secondary N) is 1. The fraction of sp³-hybridized carbons (Fsp3) is 0.556. The molecule has 0 aliphatic heterocycles. The molecule has 0 aliphatic rings. The van der Waals surface area contributed by atoms with Gasteiger partial charge in [0.25, 0.3) is 0 Å². The van der Waals surface area contributed by atoms with E-state index in [9.17, 15) is 9.77 Å². The summed E-state index contributed by atoms with van der Waals surface area (Å²) < 4.78 is 19.2. The molecule has 2 atom stereocenters. The van der Waals surface area contributed by atoms with Crippen LogP contribution in [0.4, 0.5) is 5.00 Å². The number of alkyl halides is 2. The van der Waals surface area contributed by atoms with Crippen molar-refractivity contribution in [1.29, 1.82) is 0 Å². The predicted molar refractivity (Wildman–Crippen MR) is 85.8 cm³/mol. The number of thiophene rings is 1. The molecule has 1 aromatic heterocycles. The van der Waals surface area contributed by atoms with Crippen LogP contribution in [0, 0.1) is 5.21 Å². The highest BCUT2D eigenvalue weighted by Gasteiger charge is 2.26. The summed E-state index contributed by atoms with van der Waals surface area (Å²) >= 11 is 7.63. The smallest absolute Gasteiger partial charge is 0.341 e. The standard InChI is InChI=1S/C9H16Br2N3O4PS/c10-3-5-13(6-4-11)19(12,17)18-7-8-1-2-9(20-8)14(15)16/h1-2,14-15H,3-7H2,(H2,12,17). The van der Waals surface area contributed by atoms with Gasteiger partial charge in [0.2, 0.25) is 5.00 Å². The van der Waals surface area contributed by atoms with Crippen molar-refractivity contribution < 1.29 is 19.5 Å². The van der Waals surface area contributed by atoms with Crippen LogP contribution in [0.5, 0.6) is 0 Å². The molecule has 2 unspecified atom stereocenters. The molecule has 0 saturated heterocycles. The number of hydrogen-bond acceptors (Lipinski definition) is 5. The third-order valence-electron chi connectivity index (χ3n) is 2.34. The second kappa shape index (κ2) is 8.94. The molecule has 20 heavy (non-hydrogen) atoms. The molecule has 0 aromatic carbocycles. The summed E-state index contributed by atoms with van der Waals surface area (Å²) in [6.07, 6.45) is 0. The van der Waals surface area contributed by atoms with Crippen LogP contribution >= 0.6 is 50.9 Å². The Bertz CT molecular complexity index is 456. The number of nitrogens with zero attached hydrogens (tertiary/aromatic N) is 1. The van der Waals surface area contributed by atoms with Crippen LogP contribution in [-0.4, -0.2) is 33.6 Å². The third-order valence-corrected chi connectivity index (χ3v) is 5.79. The Balaban J connectivity index is 2.62. The maximum absolute atomic E-state index is 12.3. The average Bonchev–Trinajstić information content (AvgIpc) is 2.85. The van der Waals surface area contributed by atoms with Crippen LogP contribution in [0.3, 0.4) is 0 Å². The monoisotopic (exact) mass is 451 g/mol. The Kier molecular flexibility index (Phi) is 8.36. The summed E-state index contributed by atoms with van der Waals surface area (Å²) in [5.74, 6) is 0. The van der Waals surface area contributed by atoms with Crippen molar-refractivity contribution in [3.63, 3.8) is 0 Å². The zero-order valence-corrected chi connectivity index (χ0v) is 15.4. The number of rotatable bonds is 9. The molecule has 0 aliphatic carbocycles. The van der Waals surface area contributed by atoms with Crippen molar-refractivity contribution in [1.82, 2.24) is 4.67 Å². The van der Waals surface area contributed by atoms with Gasteiger partial charge in [-0.3, -0.25) is 4.57 Å². The van der Waals surface area contributed by atoms with Crippen LogP contribution in [0.1, 0.15) is 4.88 Å². The van der Waals surface area contributed by atoms with Crippen LogP contribution in [0.2, 0.25) is 0 Å². The van der Waals surface area contributed by atoms with Crippen molar-refractivity contribution in [3.8, 4) is 0 Å². The first-order chi connectivity index (χ1) is 9.40. The van der Waals surface area contributed by atoms with E-state index in [0.717, 1.165) is 11.3 Å². The zero-order valence-electron chi connectivity index (χ0n) is 10.5. The van der Waals surface area contributed by atoms with Crippen molar-refractivity contribution in [3.05, 3.63) is 22.2 Å². The topological polar surface area (TPSA) is 103 Å². The lowest BCUT2D eigenvalue weighted by Gasteiger charge is -2.26. The number of nitrogens with two attached hydrogens (primary N) is 1. The summed E-state index contributed by atoms with van der Waals surface area (Å²) in [4.78, 5) is 0.672. The van der Waals surface area contributed by atoms with Gasteiger partial charge in [0, 0.05) is 34.7 Å². The Morgan fingerprint density at radius 1 is 1.45 bits per heavy atom. The van der Waals surface area contributed by atoms with Crippen molar-refractivity contribution in [2.75, 3.05) is 23.7 Å². The van der Waals surface area contributed by atoms with E-state index in [-0.39, 0.29) is 11.6 Å². The van der Waals surface area contributed by atoms with E-state index in [0.29, 0.717) is 28.6 Å². The molecule has 0 radical (unpaired) electrons. The Hall–Kier alpha value is 0.650. The number of quaternary nitrogens is 1. The van der Waals surface area contributed by atoms with E-state index in [2.05, 4.69) is 31.9 Å². The fourth-order valence-corrected chi connectivity index (χ4v) is 4.89. The molecular weight excluding hydrogens is 437 g/mol. The summed E-state index contributed by atoms with van der Waals surface area (Å²) in [5.41, 5.74) is 5.75. The molecule has 1 aromatic rings. The van der Waals surface area contributed by atoms with E-state index in [1.54, 1.807) is 10.7 Å². The van der Waals surface area contributed by atoms with Gasteiger partial charge < -0.3 is 9.73 Å². The van der Waals surface area contributed by atoms with Gasteiger partial charge in [0.1, 0.15) is 0 Å². The van der Waals surface area contributed by atoms with Crippen molar-refractivity contribution >= 4 is 55.9 Å². The zero-order chi connectivity index (χ0) is 15.2. The van der Waals surface area contributed by atoms with Gasteiger partial charge in [-0.05, 0) is 6.07 Å². The lowest BCUT2D eigenvalue weighted by Crippen LogP contribution is -2.98. The second-order valence-electron chi connectivity index (χ2n) is 3.74. The Morgan fingerprint density at radius 2 is 2.05 bits per heavy atom. The lowest BCUT2D eigenvalue weighted by atomic mass is 10.5. The molecule has 7 nitrogen and oxygen atoms in total. The summed E-state index contributed by atoms with van der Waals surface area (Å²) in [5, 5.41) is 20.1. The Labute approximate surface area is 138 Å². The molecule has 0 fully saturated rings. The first kappa shape index (κ1) is 18.7. The minimum absolute atomic E-state index is 0.0345. The number of halogens is 2. The van der Waals surface area contributed by atoms with Gasteiger partial charge in [-0.2, -0.15) is 5.23 Å². The molecule has 0 bridgehead atoms. The highest BCUT2D eigenvalue weighted by Crippen LogP contribution is 2.43. The van der Waals surface area contributed by atoms with Crippen molar-refractivity contribution in [2.45, 2.75) is 6.61 Å². The number of hydrogen-bond donors (Lipinski definition) is 3. The average molecular weight is 453 g/mol. The molecule has 0 saturated carbocycles. The Morgan fingerprint density at radius 3 is 2.50 bits per heavy atom. The normalized spacial score (nSPS) is 16.3. The lowest BCUT2D eigenvalue weighted by molar-refractivity contribution is -0.989. The van der Waals surface area contributed by atoms with Gasteiger partial charge in [-0.25, -0.2) is 15.4 Å². The fourth-order valence-electron chi connectivity index (χ4n) is 1.39.